The highest BCUT2D eigenvalue weighted by Gasteiger charge is 2.11. The summed E-state index contributed by atoms with van der Waals surface area (Å²) in [4.78, 5) is 17.0. The third kappa shape index (κ3) is 4.95. The van der Waals surface area contributed by atoms with Crippen molar-refractivity contribution < 1.29 is 4.79 Å². The second-order valence-electron chi connectivity index (χ2n) is 6.75. The van der Waals surface area contributed by atoms with E-state index < -0.39 is 0 Å². The predicted molar refractivity (Wildman–Crippen MR) is 114 cm³/mol. The summed E-state index contributed by atoms with van der Waals surface area (Å²) in [6.45, 7) is 7.00. The molecule has 0 unspecified atom stereocenters. The Kier molecular flexibility index (Phi) is 6.24. The van der Waals surface area contributed by atoms with Gasteiger partial charge in [-0.05, 0) is 41.7 Å². The molecule has 3 aromatic rings. The first kappa shape index (κ1) is 19.1. The number of aromatic nitrogens is 1. The largest absolute Gasteiger partial charge is 0.381 e. The Morgan fingerprint density at radius 3 is 2.70 bits per heavy atom. The van der Waals surface area contributed by atoms with E-state index in [1.165, 1.54) is 16.9 Å². The fraction of sp³-hybridized carbons (Fsp3) is 0.273. The molecule has 2 N–H and O–H groups in total. The van der Waals surface area contributed by atoms with Crippen LogP contribution in [0.5, 0.6) is 0 Å². The Bertz CT molecular complexity index is 917. The van der Waals surface area contributed by atoms with Crippen molar-refractivity contribution in [2.75, 3.05) is 10.6 Å². The van der Waals surface area contributed by atoms with E-state index in [4.69, 9.17) is 0 Å². The van der Waals surface area contributed by atoms with Gasteiger partial charge in [0.25, 0.3) is 5.91 Å². The van der Waals surface area contributed by atoms with Crippen LogP contribution in [0, 0.1) is 0 Å². The first-order valence-corrected chi connectivity index (χ1v) is 10.1. The minimum Gasteiger partial charge on any atom is -0.381 e. The van der Waals surface area contributed by atoms with Gasteiger partial charge in [0.2, 0.25) is 0 Å². The van der Waals surface area contributed by atoms with Gasteiger partial charge in [0.15, 0.2) is 5.13 Å². The molecule has 0 saturated carbocycles. The number of amides is 1. The Hall–Kier alpha value is -2.66. The monoisotopic (exact) mass is 379 g/mol. The van der Waals surface area contributed by atoms with Gasteiger partial charge < -0.3 is 5.32 Å². The Labute approximate surface area is 164 Å². The fourth-order valence-corrected chi connectivity index (χ4v) is 3.67. The van der Waals surface area contributed by atoms with E-state index in [2.05, 4.69) is 54.6 Å². The number of aryl methyl sites for hydroxylation is 1. The zero-order valence-electron chi connectivity index (χ0n) is 16.0. The Morgan fingerprint density at radius 2 is 1.96 bits per heavy atom. The van der Waals surface area contributed by atoms with Gasteiger partial charge in [-0.2, -0.15) is 0 Å². The second-order valence-corrected chi connectivity index (χ2v) is 7.61. The molecule has 0 fully saturated rings. The number of hydrogen-bond donors (Lipinski definition) is 2. The summed E-state index contributed by atoms with van der Waals surface area (Å²) in [5, 5.41) is 9.01. The first-order chi connectivity index (χ1) is 13.1. The average Bonchev–Trinajstić information content (AvgIpc) is 3.15. The van der Waals surface area contributed by atoms with Gasteiger partial charge in [0, 0.05) is 23.2 Å². The van der Waals surface area contributed by atoms with Crippen LogP contribution in [0.25, 0.3) is 0 Å². The molecule has 1 amide bonds. The molecule has 5 heteroatoms. The standard InChI is InChI=1S/C22H25N3OS/c1-4-17-9-5-6-11-19(17)23-13-16-8-7-10-18(12-16)21(26)25-22-24-20(14-27-22)15(2)3/h5-12,14-15,23H,4,13H2,1-3H3,(H,24,25,26). The fourth-order valence-electron chi connectivity index (χ4n) is 2.80. The lowest BCUT2D eigenvalue weighted by Gasteiger charge is -2.11. The molecule has 0 saturated heterocycles. The van der Waals surface area contributed by atoms with Crippen LogP contribution in [-0.2, 0) is 13.0 Å². The maximum atomic E-state index is 12.6. The SMILES string of the molecule is CCc1ccccc1NCc1cccc(C(=O)Nc2nc(C(C)C)cs2)c1. The minimum absolute atomic E-state index is 0.129. The molecule has 0 atom stereocenters. The number of para-hydroxylation sites is 1. The lowest BCUT2D eigenvalue weighted by atomic mass is 10.1. The maximum absolute atomic E-state index is 12.6. The number of carbonyl (C=O) groups excluding carboxylic acids is 1. The molecule has 140 valence electrons. The van der Waals surface area contributed by atoms with Crippen molar-refractivity contribution in [1.82, 2.24) is 4.98 Å². The van der Waals surface area contributed by atoms with Crippen LogP contribution >= 0.6 is 11.3 Å². The zero-order valence-corrected chi connectivity index (χ0v) is 16.8. The van der Waals surface area contributed by atoms with E-state index in [0.717, 1.165) is 23.4 Å². The summed E-state index contributed by atoms with van der Waals surface area (Å²) in [5.41, 5.74) is 5.13. The van der Waals surface area contributed by atoms with Crippen LogP contribution < -0.4 is 10.6 Å². The van der Waals surface area contributed by atoms with Gasteiger partial charge in [0.1, 0.15) is 0 Å². The lowest BCUT2D eigenvalue weighted by molar-refractivity contribution is 0.102. The molecule has 1 heterocycles. The van der Waals surface area contributed by atoms with Crippen LogP contribution in [0.3, 0.4) is 0 Å². The number of rotatable bonds is 7. The molecule has 2 aromatic carbocycles. The van der Waals surface area contributed by atoms with Gasteiger partial charge in [-0.1, -0.05) is 51.1 Å². The highest BCUT2D eigenvalue weighted by atomic mass is 32.1. The Morgan fingerprint density at radius 1 is 1.15 bits per heavy atom. The zero-order chi connectivity index (χ0) is 19.2. The second kappa shape index (κ2) is 8.82. The number of anilines is 2. The van der Waals surface area contributed by atoms with E-state index in [1.54, 1.807) is 0 Å². The summed E-state index contributed by atoms with van der Waals surface area (Å²) in [6, 6.07) is 16.0. The molecular formula is C22H25N3OS. The highest BCUT2D eigenvalue weighted by molar-refractivity contribution is 7.14. The van der Waals surface area contributed by atoms with Crippen LogP contribution in [-0.4, -0.2) is 10.9 Å². The van der Waals surface area contributed by atoms with Crippen molar-refractivity contribution in [3.05, 3.63) is 76.3 Å². The molecule has 3 rings (SSSR count). The summed E-state index contributed by atoms with van der Waals surface area (Å²) in [7, 11) is 0. The lowest BCUT2D eigenvalue weighted by Crippen LogP contribution is -2.12. The summed E-state index contributed by atoms with van der Waals surface area (Å²) < 4.78 is 0. The van der Waals surface area contributed by atoms with Gasteiger partial charge in [-0.15, -0.1) is 11.3 Å². The Balaban J connectivity index is 1.66. The van der Waals surface area contributed by atoms with Crippen molar-refractivity contribution in [3.63, 3.8) is 0 Å². The molecule has 27 heavy (non-hydrogen) atoms. The minimum atomic E-state index is -0.129. The third-order valence-electron chi connectivity index (χ3n) is 4.40. The van der Waals surface area contributed by atoms with Crippen molar-refractivity contribution in [3.8, 4) is 0 Å². The predicted octanol–water partition coefficient (Wildman–Crippen LogP) is 5.69. The number of thiazole rings is 1. The first-order valence-electron chi connectivity index (χ1n) is 9.24. The van der Waals surface area contributed by atoms with E-state index in [0.29, 0.717) is 23.2 Å². The van der Waals surface area contributed by atoms with E-state index >= 15 is 0 Å². The molecular weight excluding hydrogens is 354 g/mol. The number of nitrogens with one attached hydrogen (secondary N) is 2. The van der Waals surface area contributed by atoms with E-state index in [1.807, 2.05) is 35.7 Å². The van der Waals surface area contributed by atoms with Crippen molar-refractivity contribution >= 4 is 28.1 Å². The maximum Gasteiger partial charge on any atom is 0.257 e. The summed E-state index contributed by atoms with van der Waals surface area (Å²) in [5.74, 6) is 0.225. The number of carbonyl (C=O) groups is 1. The van der Waals surface area contributed by atoms with Crippen LogP contribution in [0.15, 0.2) is 53.9 Å². The third-order valence-corrected chi connectivity index (χ3v) is 5.18. The van der Waals surface area contributed by atoms with Crippen LogP contribution in [0.4, 0.5) is 10.8 Å². The molecule has 4 nitrogen and oxygen atoms in total. The molecule has 0 aliphatic heterocycles. The molecule has 1 aromatic heterocycles. The molecule has 0 aliphatic carbocycles. The van der Waals surface area contributed by atoms with Crippen molar-refractivity contribution in [2.24, 2.45) is 0 Å². The smallest absolute Gasteiger partial charge is 0.257 e. The molecule has 0 bridgehead atoms. The van der Waals surface area contributed by atoms with Gasteiger partial charge in [-0.3, -0.25) is 10.1 Å². The summed E-state index contributed by atoms with van der Waals surface area (Å²) in [6.07, 6.45) is 0.984. The van der Waals surface area contributed by atoms with E-state index in [-0.39, 0.29) is 5.91 Å². The van der Waals surface area contributed by atoms with Gasteiger partial charge in [-0.25, -0.2) is 4.98 Å². The molecule has 0 radical (unpaired) electrons. The van der Waals surface area contributed by atoms with Crippen LogP contribution in [0.2, 0.25) is 0 Å². The highest BCUT2D eigenvalue weighted by Crippen LogP contribution is 2.22. The average molecular weight is 380 g/mol. The van der Waals surface area contributed by atoms with Gasteiger partial charge in [0.05, 0.1) is 5.69 Å². The summed E-state index contributed by atoms with van der Waals surface area (Å²) >= 11 is 1.46. The molecule has 0 aliphatic rings. The number of nitrogens with zero attached hydrogens (tertiary/aromatic N) is 1. The topological polar surface area (TPSA) is 54.0 Å². The number of benzene rings is 2. The van der Waals surface area contributed by atoms with Crippen molar-refractivity contribution in [1.29, 1.82) is 0 Å². The van der Waals surface area contributed by atoms with Gasteiger partial charge >= 0.3 is 0 Å². The van der Waals surface area contributed by atoms with Crippen LogP contribution in [0.1, 0.15) is 53.9 Å². The normalized spacial score (nSPS) is 10.8. The molecule has 0 spiro atoms. The van der Waals surface area contributed by atoms with E-state index in [9.17, 15) is 4.79 Å². The quantitative estimate of drug-likeness (QED) is 0.554. The number of hydrogen-bond acceptors (Lipinski definition) is 4. The van der Waals surface area contributed by atoms with Crippen molar-refractivity contribution in [2.45, 2.75) is 39.7 Å².